The molecule has 19 heavy (non-hydrogen) atoms. The molecule has 1 saturated heterocycles. The molecule has 2 aliphatic heterocycles. The van der Waals surface area contributed by atoms with Crippen LogP contribution in [0.5, 0.6) is 0 Å². The molecule has 1 atom stereocenters. The quantitative estimate of drug-likeness (QED) is 0.766. The summed E-state index contributed by atoms with van der Waals surface area (Å²) in [5.74, 6) is -1.20. The second-order valence-electron chi connectivity index (χ2n) is 4.50. The predicted molar refractivity (Wildman–Crippen MR) is 65.8 cm³/mol. The van der Waals surface area contributed by atoms with Gasteiger partial charge >= 0.3 is 0 Å². The number of fused-ring (bicyclic) bond motifs is 1. The zero-order valence-corrected chi connectivity index (χ0v) is 10.1. The third-order valence-electron chi connectivity index (χ3n) is 3.24. The fourth-order valence-electron chi connectivity index (χ4n) is 2.32. The Morgan fingerprint density at radius 2 is 2.16 bits per heavy atom. The molecule has 6 heteroatoms. The van der Waals surface area contributed by atoms with Crippen LogP contribution in [-0.2, 0) is 9.53 Å². The van der Waals surface area contributed by atoms with Gasteiger partial charge in [0.1, 0.15) is 6.10 Å². The Morgan fingerprint density at radius 3 is 2.89 bits per heavy atom. The average Bonchev–Trinajstić information content (AvgIpc) is 3.00. The maximum atomic E-state index is 12.0. The Morgan fingerprint density at radius 1 is 1.32 bits per heavy atom. The fourth-order valence-corrected chi connectivity index (χ4v) is 2.32. The van der Waals surface area contributed by atoms with Crippen molar-refractivity contribution in [2.75, 3.05) is 11.9 Å². The van der Waals surface area contributed by atoms with Crippen LogP contribution in [-0.4, -0.2) is 30.4 Å². The van der Waals surface area contributed by atoms with Crippen LogP contribution >= 0.6 is 0 Å². The molecule has 0 bridgehead atoms. The molecular formula is C13H12N2O4. The first-order chi connectivity index (χ1) is 9.16. The smallest absolute Gasteiger partial charge is 0.261 e. The molecule has 2 aliphatic rings. The summed E-state index contributed by atoms with van der Waals surface area (Å²) < 4.78 is 5.27. The number of nitrogens with one attached hydrogen (secondary N) is 2. The minimum atomic E-state index is -0.483. The van der Waals surface area contributed by atoms with Crippen LogP contribution in [0.4, 0.5) is 5.69 Å². The number of carbonyl (C=O) groups is 3. The van der Waals surface area contributed by atoms with Gasteiger partial charge in [0.25, 0.3) is 17.7 Å². The van der Waals surface area contributed by atoms with E-state index in [9.17, 15) is 14.4 Å². The Bertz CT molecular complexity index is 576. The van der Waals surface area contributed by atoms with Gasteiger partial charge in [-0.25, -0.2) is 0 Å². The number of ether oxygens (including phenoxy) is 1. The molecule has 0 radical (unpaired) electrons. The highest BCUT2D eigenvalue weighted by atomic mass is 16.5. The summed E-state index contributed by atoms with van der Waals surface area (Å²) in [4.78, 5) is 35.1. The number of imide groups is 1. The summed E-state index contributed by atoms with van der Waals surface area (Å²) in [6, 6.07) is 4.78. The average molecular weight is 260 g/mol. The minimum Gasteiger partial charge on any atom is -0.368 e. The summed E-state index contributed by atoms with van der Waals surface area (Å²) in [5, 5.41) is 4.86. The van der Waals surface area contributed by atoms with Crippen molar-refractivity contribution in [1.82, 2.24) is 5.32 Å². The molecule has 1 aromatic carbocycles. The van der Waals surface area contributed by atoms with E-state index in [-0.39, 0.29) is 17.0 Å². The highest BCUT2D eigenvalue weighted by Crippen LogP contribution is 2.25. The van der Waals surface area contributed by atoms with E-state index in [4.69, 9.17) is 4.74 Å². The van der Waals surface area contributed by atoms with E-state index >= 15 is 0 Å². The third kappa shape index (κ3) is 2.00. The second kappa shape index (κ2) is 4.47. The van der Waals surface area contributed by atoms with E-state index in [1.165, 1.54) is 0 Å². The van der Waals surface area contributed by atoms with Crippen LogP contribution in [0, 0.1) is 0 Å². The molecular weight excluding hydrogens is 248 g/mol. The fraction of sp³-hybridized carbons (Fsp3) is 0.308. The maximum Gasteiger partial charge on any atom is 0.261 e. The Labute approximate surface area is 109 Å². The summed E-state index contributed by atoms with van der Waals surface area (Å²) in [5.41, 5.74) is 0.857. The van der Waals surface area contributed by atoms with Crippen LogP contribution < -0.4 is 10.6 Å². The van der Waals surface area contributed by atoms with E-state index in [1.54, 1.807) is 18.2 Å². The van der Waals surface area contributed by atoms with Crippen molar-refractivity contribution in [2.24, 2.45) is 0 Å². The Hall–Kier alpha value is -2.21. The number of amides is 3. The molecule has 1 aromatic rings. The maximum absolute atomic E-state index is 12.0. The molecule has 2 heterocycles. The predicted octanol–water partition coefficient (Wildman–Crippen LogP) is 0.688. The van der Waals surface area contributed by atoms with Crippen LogP contribution in [0.15, 0.2) is 18.2 Å². The van der Waals surface area contributed by atoms with E-state index in [0.29, 0.717) is 18.7 Å². The van der Waals surface area contributed by atoms with Gasteiger partial charge in [0.15, 0.2) is 0 Å². The topological polar surface area (TPSA) is 84.5 Å². The van der Waals surface area contributed by atoms with Gasteiger partial charge in [-0.15, -0.1) is 0 Å². The molecule has 0 aliphatic carbocycles. The second-order valence-corrected chi connectivity index (χ2v) is 4.50. The number of benzene rings is 1. The lowest BCUT2D eigenvalue weighted by Gasteiger charge is -2.12. The standard InChI is InChI=1S/C13H12N2O4/c16-11-7-3-1-4-8(10(7)13(18)15-11)14-12(17)9-5-2-6-19-9/h1,3-4,9H,2,5-6H2,(H,14,17)(H,15,16,18)/t9-/m1/s1. The van der Waals surface area contributed by atoms with E-state index in [0.717, 1.165) is 6.42 Å². The molecule has 1 fully saturated rings. The van der Waals surface area contributed by atoms with Crippen LogP contribution in [0.25, 0.3) is 0 Å². The molecule has 0 spiro atoms. The first-order valence-corrected chi connectivity index (χ1v) is 6.08. The number of rotatable bonds is 2. The number of carbonyl (C=O) groups excluding carboxylic acids is 3. The first kappa shape index (κ1) is 11.9. The molecule has 98 valence electrons. The van der Waals surface area contributed by atoms with E-state index in [2.05, 4.69) is 10.6 Å². The third-order valence-corrected chi connectivity index (χ3v) is 3.24. The normalized spacial score (nSPS) is 21.2. The van der Waals surface area contributed by atoms with E-state index < -0.39 is 17.9 Å². The van der Waals surface area contributed by atoms with Crippen molar-refractivity contribution in [3.63, 3.8) is 0 Å². The summed E-state index contributed by atoms with van der Waals surface area (Å²) in [6.45, 7) is 0.573. The van der Waals surface area contributed by atoms with Crippen LogP contribution in [0.3, 0.4) is 0 Å². The molecule has 6 nitrogen and oxygen atoms in total. The minimum absolute atomic E-state index is 0.221. The summed E-state index contributed by atoms with van der Waals surface area (Å²) >= 11 is 0. The van der Waals surface area contributed by atoms with Gasteiger partial charge in [-0.2, -0.15) is 0 Å². The number of anilines is 1. The van der Waals surface area contributed by atoms with E-state index in [1.807, 2.05) is 0 Å². The van der Waals surface area contributed by atoms with Gasteiger partial charge in [-0.3, -0.25) is 19.7 Å². The number of hydrogen-bond acceptors (Lipinski definition) is 4. The molecule has 3 amide bonds. The Kier molecular flexibility index (Phi) is 2.79. The van der Waals surface area contributed by atoms with Crippen molar-refractivity contribution in [1.29, 1.82) is 0 Å². The summed E-state index contributed by atoms with van der Waals surface area (Å²) in [6.07, 6.45) is 1.05. The number of hydrogen-bond donors (Lipinski definition) is 2. The molecule has 0 aromatic heterocycles. The van der Waals surface area contributed by atoms with Gasteiger partial charge in [-0.05, 0) is 25.0 Å². The zero-order valence-electron chi connectivity index (χ0n) is 10.1. The van der Waals surface area contributed by atoms with Gasteiger partial charge < -0.3 is 10.1 Å². The lowest BCUT2D eigenvalue weighted by Crippen LogP contribution is -2.28. The van der Waals surface area contributed by atoms with Crippen molar-refractivity contribution < 1.29 is 19.1 Å². The SMILES string of the molecule is O=C1NC(=O)c2c(NC(=O)[C@H]3CCCO3)cccc21. The lowest BCUT2D eigenvalue weighted by atomic mass is 10.1. The van der Waals surface area contributed by atoms with Crippen molar-refractivity contribution in [3.8, 4) is 0 Å². The molecule has 0 saturated carbocycles. The zero-order chi connectivity index (χ0) is 13.4. The highest BCUT2D eigenvalue weighted by molar-refractivity contribution is 6.24. The highest BCUT2D eigenvalue weighted by Gasteiger charge is 2.31. The van der Waals surface area contributed by atoms with Gasteiger partial charge in [-0.1, -0.05) is 6.07 Å². The van der Waals surface area contributed by atoms with Crippen LogP contribution in [0.2, 0.25) is 0 Å². The van der Waals surface area contributed by atoms with Gasteiger partial charge in [0.05, 0.1) is 16.8 Å². The molecule has 3 rings (SSSR count). The van der Waals surface area contributed by atoms with Gasteiger partial charge in [0.2, 0.25) is 0 Å². The monoisotopic (exact) mass is 260 g/mol. The first-order valence-electron chi connectivity index (χ1n) is 6.08. The van der Waals surface area contributed by atoms with Crippen molar-refractivity contribution in [3.05, 3.63) is 29.3 Å². The van der Waals surface area contributed by atoms with Gasteiger partial charge in [0, 0.05) is 6.61 Å². The molecule has 2 N–H and O–H groups in total. The van der Waals surface area contributed by atoms with Crippen molar-refractivity contribution >= 4 is 23.4 Å². The Balaban J connectivity index is 1.88. The summed E-state index contributed by atoms with van der Waals surface area (Å²) in [7, 11) is 0. The van der Waals surface area contributed by atoms with Crippen LogP contribution in [0.1, 0.15) is 33.6 Å². The van der Waals surface area contributed by atoms with Crippen molar-refractivity contribution in [2.45, 2.75) is 18.9 Å². The largest absolute Gasteiger partial charge is 0.368 e. The lowest BCUT2D eigenvalue weighted by molar-refractivity contribution is -0.124. The molecule has 0 unspecified atom stereocenters.